The first kappa shape index (κ1) is 18.8. The van der Waals surface area contributed by atoms with Gasteiger partial charge in [-0.15, -0.1) is 0 Å². The summed E-state index contributed by atoms with van der Waals surface area (Å²) < 4.78 is 11.0. The summed E-state index contributed by atoms with van der Waals surface area (Å²) in [5.41, 5.74) is 0.851. The second-order valence-corrected chi connectivity index (χ2v) is 5.19. The Morgan fingerprint density at radius 2 is 1.96 bits per heavy atom. The molecule has 6 heteroatoms. The number of amides is 1. The van der Waals surface area contributed by atoms with Crippen molar-refractivity contribution in [3.63, 3.8) is 0 Å². The summed E-state index contributed by atoms with van der Waals surface area (Å²) in [6.07, 6.45) is 2.89. The molecule has 0 aromatic heterocycles. The Labute approximate surface area is 136 Å². The van der Waals surface area contributed by atoms with Crippen LogP contribution in [-0.4, -0.2) is 25.6 Å². The Morgan fingerprint density at radius 1 is 1.17 bits per heavy atom. The van der Waals surface area contributed by atoms with E-state index < -0.39 is 5.97 Å². The first-order valence-electron chi connectivity index (χ1n) is 7.83. The van der Waals surface area contributed by atoms with Gasteiger partial charge >= 0.3 is 0 Å². The molecular formula is C17H24NO5-. The molecular weight excluding hydrogens is 298 g/mol. The molecule has 0 aliphatic carbocycles. The van der Waals surface area contributed by atoms with E-state index in [0.717, 1.165) is 24.8 Å². The van der Waals surface area contributed by atoms with E-state index in [1.54, 1.807) is 13.2 Å². The zero-order valence-electron chi connectivity index (χ0n) is 13.7. The molecule has 1 aromatic rings. The number of carbonyl (C=O) groups excluding carboxylic acids is 2. The van der Waals surface area contributed by atoms with Crippen molar-refractivity contribution in [1.29, 1.82) is 0 Å². The summed E-state index contributed by atoms with van der Waals surface area (Å²) >= 11 is 0. The highest BCUT2D eigenvalue weighted by Gasteiger charge is 2.07. The molecule has 0 aliphatic rings. The van der Waals surface area contributed by atoms with E-state index in [-0.39, 0.29) is 18.7 Å². The third-order valence-corrected chi connectivity index (χ3v) is 3.28. The van der Waals surface area contributed by atoms with Gasteiger partial charge in [0, 0.05) is 18.9 Å². The number of carboxylic acids is 1. The van der Waals surface area contributed by atoms with Crippen molar-refractivity contribution >= 4 is 11.9 Å². The third-order valence-electron chi connectivity index (χ3n) is 3.28. The summed E-state index contributed by atoms with van der Waals surface area (Å²) in [7, 11) is 1.57. The van der Waals surface area contributed by atoms with Crippen LogP contribution >= 0.6 is 0 Å². The maximum atomic E-state index is 11.5. The Bertz CT molecular complexity index is 516. The van der Waals surface area contributed by atoms with Gasteiger partial charge in [-0.1, -0.05) is 25.8 Å². The summed E-state index contributed by atoms with van der Waals surface area (Å²) in [5.74, 6) is -0.266. The number of unbranched alkanes of at least 4 members (excludes halogenated alkanes) is 2. The van der Waals surface area contributed by atoms with Crippen LogP contribution < -0.4 is 19.9 Å². The molecule has 0 saturated heterocycles. The highest BCUT2D eigenvalue weighted by atomic mass is 16.5. The first-order valence-corrected chi connectivity index (χ1v) is 7.83. The first-order chi connectivity index (χ1) is 11.1. The van der Waals surface area contributed by atoms with Gasteiger partial charge in [0.25, 0.3) is 0 Å². The van der Waals surface area contributed by atoms with Crippen molar-refractivity contribution in [2.75, 3.05) is 13.7 Å². The van der Waals surface area contributed by atoms with Crippen LogP contribution in [0.1, 0.15) is 44.6 Å². The fourth-order valence-corrected chi connectivity index (χ4v) is 1.98. The molecule has 0 saturated carbocycles. The van der Waals surface area contributed by atoms with Crippen LogP contribution in [0.4, 0.5) is 0 Å². The van der Waals surface area contributed by atoms with Crippen LogP contribution in [0.25, 0.3) is 0 Å². The van der Waals surface area contributed by atoms with Crippen molar-refractivity contribution in [1.82, 2.24) is 5.32 Å². The monoisotopic (exact) mass is 322 g/mol. The number of methoxy groups -OCH3 is 1. The molecule has 1 amide bonds. The lowest BCUT2D eigenvalue weighted by Crippen LogP contribution is -2.27. The van der Waals surface area contributed by atoms with E-state index in [9.17, 15) is 14.7 Å². The number of aliphatic carboxylic acids is 1. The Morgan fingerprint density at radius 3 is 2.61 bits per heavy atom. The molecule has 0 heterocycles. The number of hydrogen-bond donors (Lipinski definition) is 1. The number of nitrogens with one attached hydrogen (secondary N) is 1. The normalized spacial score (nSPS) is 10.2. The Balaban J connectivity index is 2.51. The molecule has 23 heavy (non-hydrogen) atoms. The highest BCUT2D eigenvalue weighted by Crippen LogP contribution is 2.28. The summed E-state index contributed by atoms with van der Waals surface area (Å²) in [4.78, 5) is 21.8. The molecule has 0 radical (unpaired) electrons. The molecule has 0 aliphatic heterocycles. The zero-order chi connectivity index (χ0) is 17.1. The number of rotatable bonds is 11. The quantitative estimate of drug-likeness (QED) is 0.622. The fourth-order valence-electron chi connectivity index (χ4n) is 1.98. The SMILES string of the molecule is CCCCCOc1ccc(CNC(=O)CCC(=O)[O-])cc1OC. The fraction of sp³-hybridized carbons (Fsp3) is 0.529. The molecule has 0 unspecified atom stereocenters. The van der Waals surface area contributed by atoms with Crippen molar-refractivity contribution in [2.24, 2.45) is 0 Å². The molecule has 1 rings (SSSR count). The summed E-state index contributed by atoms with van der Waals surface area (Å²) in [6, 6.07) is 5.46. The van der Waals surface area contributed by atoms with Gasteiger partial charge in [0.1, 0.15) is 0 Å². The minimum atomic E-state index is -1.23. The van der Waals surface area contributed by atoms with E-state index in [1.165, 1.54) is 0 Å². The average molecular weight is 322 g/mol. The van der Waals surface area contributed by atoms with E-state index in [0.29, 0.717) is 24.7 Å². The average Bonchev–Trinajstić information content (AvgIpc) is 2.55. The minimum absolute atomic E-state index is 0.0852. The maximum Gasteiger partial charge on any atom is 0.220 e. The van der Waals surface area contributed by atoms with Crippen molar-refractivity contribution in [3.05, 3.63) is 23.8 Å². The molecule has 0 spiro atoms. The topological polar surface area (TPSA) is 87.7 Å². The molecule has 6 nitrogen and oxygen atoms in total. The lowest BCUT2D eigenvalue weighted by Gasteiger charge is -2.12. The van der Waals surface area contributed by atoms with Crippen molar-refractivity contribution in [3.8, 4) is 11.5 Å². The van der Waals surface area contributed by atoms with E-state index in [1.807, 2.05) is 12.1 Å². The number of ether oxygens (including phenoxy) is 2. The van der Waals surface area contributed by atoms with E-state index in [4.69, 9.17) is 9.47 Å². The number of carboxylic acid groups (broad SMARTS) is 1. The van der Waals surface area contributed by atoms with Gasteiger partial charge in [0.15, 0.2) is 11.5 Å². The number of carbonyl (C=O) groups is 2. The van der Waals surface area contributed by atoms with Crippen LogP contribution in [0.3, 0.4) is 0 Å². The van der Waals surface area contributed by atoms with Gasteiger partial charge in [-0.3, -0.25) is 4.79 Å². The standard InChI is InChI=1S/C17H25NO5/c1-3-4-5-10-23-14-7-6-13(11-15(14)22-2)12-18-16(19)8-9-17(20)21/h6-7,11H,3-5,8-10,12H2,1-2H3,(H,18,19)(H,20,21)/p-1. The maximum absolute atomic E-state index is 11.5. The van der Waals surface area contributed by atoms with Gasteiger partial charge in [-0.2, -0.15) is 0 Å². The molecule has 0 atom stereocenters. The second-order valence-electron chi connectivity index (χ2n) is 5.19. The lowest BCUT2D eigenvalue weighted by molar-refractivity contribution is -0.305. The molecule has 128 valence electrons. The Kier molecular flexibility index (Phi) is 8.57. The lowest BCUT2D eigenvalue weighted by atomic mass is 10.2. The van der Waals surface area contributed by atoms with Crippen LogP contribution in [0.5, 0.6) is 11.5 Å². The van der Waals surface area contributed by atoms with Crippen LogP contribution in [0, 0.1) is 0 Å². The van der Waals surface area contributed by atoms with Crippen molar-refractivity contribution < 1.29 is 24.2 Å². The minimum Gasteiger partial charge on any atom is -0.550 e. The number of benzene rings is 1. The summed E-state index contributed by atoms with van der Waals surface area (Å²) in [6.45, 7) is 3.08. The zero-order valence-corrected chi connectivity index (χ0v) is 13.7. The Hall–Kier alpha value is -2.24. The van der Waals surface area contributed by atoms with Gasteiger partial charge in [-0.05, 0) is 30.5 Å². The summed E-state index contributed by atoms with van der Waals surface area (Å²) in [5, 5.41) is 13.0. The van der Waals surface area contributed by atoms with Crippen LogP contribution in [0.2, 0.25) is 0 Å². The van der Waals surface area contributed by atoms with Crippen molar-refractivity contribution in [2.45, 2.75) is 45.6 Å². The largest absolute Gasteiger partial charge is 0.550 e. The van der Waals surface area contributed by atoms with E-state index >= 15 is 0 Å². The third kappa shape index (κ3) is 7.54. The molecule has 1 N–H and O–H groups in total. The predicted molar refractivity (Wildman–Crippen MR) is 84.1 cm³/mol. The van der Waals surface area contributed by atoms with Crippen LogP contribution in [0.15, 0.2) is 18.2 Å². The number of hydrogen-bond acceptors (Lipinski definition) is 5. The molecule has 0 bridgehead atoms. The highest BCUT2D eigenvalue weighted by molar-refractivity contribution is 5.79. The second kappa shape index (κ2) is 10.5. The van der Waals surface area contributed by atoms with E-state index in [2.05, 4.69) is 12.2 Å². The van der Waals surface area contributed by atoms with Gasteiger partial charge in [-0.25, -0.2) is 0 Å². The van der Waals surface area contributed by atoms with Gasteiger partial charge < -0.3 is 24.7 Å². The van der Waals surface area contributed by atoms with Crippen LogP contribution in [-0.2, 0) is 16.1 Å². The smallest absolute Gasteiger partial charge is 0.220 e. The van der Waals surface area contributed by atoms with Gasteiger partial charge in [0.05, 0.1) is 13.7 Å². The van der Waals surface area contributed by atoms with Gasteiger partial charge in [0.2, 0.25) is 5.91 Å². The molecule has 0 fully saturated rings. The molecule has 1 aromatic carbocycles. The predicted octanol–water partition coefficient (Wildman–Crippen LogP) is 1.41.